The fraction of sp³-hybridized carbons (Fsp3) is 0.545. The van der Waals surface area contributed by atoms with Gasteiger partial charge in [-0.1, -0.05) is 13.8 Å². The summed E-state index contributed by atoms with van der Waals surface area (Å²) in [5.41, 5.74) is 0.850. The summed E-state index contributed by atoms with van der Waals surface area (Å²) in [4.78, 5) is 29.7. The third-order valence-corrected chi connectivity index (χ3v) is 2.37. The summed E-state index contributed by atoms with van der Waals surface area (Å²) < 4.78 is 0. The van der Waals surface area contributed by atoms with E-state index in [2.05, 4.69) is 15.3 Å². The van der Waals surface area contributed by atoms with Gasteiger partial charge in [-0.2, -0.15) is 0 Å². The van der Waals surface area contributed by atoms with Crippen molar-refractivity contribution in [3.05, 3.63) is 18.2 Å². The van der Waals surface area contributed by atoms with Crippen molar-refractivity contribution >= 4 is 11.7 Å². The average molecular weight is 223 g/mol. The minimum Gasteiger partial charge on any atom is -0.348 e. The highest BCUT2D eigenvalue weighted by Crippen LogP contribution is 2.02. The van der Waals surface area contributed by atoms with Crippen LogP contribution in [0.5, 0.6) is 0 Å². The van der Waals surface area contributed by atoms with E-state index in [-0.39, 0.29) is 11.7 Å². The molecular weight excluding hydrogens is 206 g/mol. The van der Waals surface area contributed by atoms with E-state index in [1.165, 1.54) is 0 Å². The summed E-state index contributed by atoms with van der Waals surface area (Å²) >= 11 is 0. The molecule has 0 aliphatic rings. The van der Waals surface area contributed by atoms with Crippen LogP contribution in [0.1, 0.15) is 32.4 Å². The van der Waals surface area contributed by atoms with Crippen molar-refractivity contribution in [3.8, 4) is 0 Å². The van der Waals surface area contributed by atoms with E-state index >= 15 is 0 Å². The molecule has 1 amide bonds. The van der Waals surface area contributed by atoms with Crippen LogP contribution in [0.3, 0.4) is 0 Å². The Bertz CT molecular complexity index is 346. The van der Waals surface area contributed by atoms with Crippen molar-refractivity contribution in [2.75, 3.05) is 0 Å². The van der Waals surface area contributed by atoms with E-state index < -0.39 is 6.04 Å². The predicted octanol–water partition coefficient (Wildman–Crippen LogP) is 0.826. The largest absolute Gasteiger partial charge is 0.348 e. The lowest BCUT2D eigenvalue weighted by molar-refractivity contribution is -0.127. The zero-order chi connectivity index (χ0) is 12.0. The van der Waals surface area contributed by atoms with Crippen molar-refractivity contribution in [3.63, 3.8) is 0 Å². The van der Waals surface area contributed by atoms with Crippen LogP contribution in [-0.4, -0.2) is 27.7 Å². The molecule has 88 valence electrons. The molecule has 0 saturated carbocycles. The fourth-order valence-corrected chi connectivity index (χ4v) is 1.40. The third-order valence-electron chi connectivity index (χ3n) is 2.37. The van der Waals surface area contributed by atoms with Crippen LogP contribution in [0.2, 0.25) is 0 Å². The topological polar surface area (TPSA) is 74.8 Å². The van der Waals surface area contributed by atoms with Gasteiger partial charge in [0.05, 0.1) is 12.4 Å². The Labute approximate surface area is 94.7 Å². The van der Waals surface area contributed by atoms with Crippen LogP contribution in [-0.2, 0) is 16.0 Å². The third kappa shape index (κ3) is 3.49. The van der Waals surface area contributed by atoms with Crippen molar-refractivity contribution in [2.45, 2.75) is 39.2 Å². The number of nitrogens with one attached hydrogen (secondary N) is 2. The van der Waals surface area contributed by atoms with Gasteiger partial charge < -0.3 is 10.3 Å². The molecule has 1 unspecified atom stereocenters. The van der Waals surface area contributed by atoms with Crippen LogP contribution in [0.25, 0.3) is 0 Å². The number of imidazole rings is 1. The molecule has 0 radical (unpaired) electrons. The maximum absolute atomic E-state index is 11.6. The first-order chi connectivity index (χ1) is 7.67. The van der Waals surface area contributed by atoms with Gasteiger partial charge in [0.25, 0.3) is 0 Å². The quantitative estimate of drug-likeness (QED) is 0.750. The van der Waals surface area contributed by atoms with Gasteiger partial charge in [0.15, 0.2) is 5.78 Å². The maximum Gasteiger partial charge on any atom is 0.220 e. The molecule has 5 heteroatoms. The maximum atomic E-state index is 11.6. The standard InChI is InChI=1S/C11H17N3O2/c1-3-10(15)9(14-11(16)4-2)5-8-6-12-7-13-8/h6-7,9H,3-5H2,1-2H3,(H,12,13)(H,14,16). The number of nitrogens with zero attached hydrogens (tertiary/aromatic N) is 1. The van der Waals surface area contributed by atoms with Gasteiger partial charge in [-0.25, -0.2) is 4.98 Å². The number of aromatic nitrogens is 2. The molecule has 0 fully saturated rings. The summed E-state index contributed by atoms with van der Waals surface area (Å²) in [5.74, 6) is -0.0669. The van der Waals surface area contributed by atoms with Crippen LogP contribution >= 0.6 is 0 Å². The summed E-state index contributed by atoms with van der Waals surface area (Å²) in [7, 11) is 0. The molecule has 0 saturated heterocycles. The Morgan fingerprint density at radius 2 is 2.19 bits per heavy atom. The van der Waals surface area contributed by atoms with Gasteiger partial charge >= 0.3 is 0 Å². The van der Waals surface area contributed by atoms with E-state index in [4.69, 9.17) is 0 Å². The molecule has 0 aliphatic carbocycles. The average Bonchev–Trinajstić information content (AvgIpc) is 2.79. The summed E-state index contributed by atoms with van der Waals surface area (Å²) in [6.45, 7) is 3.55. The molecule has 1 atom stereocenters. The van der Waals surface area contributed by atoms with Crippen molar-refractivity contribution in [1.29, 1.82) is 0 Å². The smallest absolute Gasteiger partial charge is 0.220 e. The van der Waals surface area contributed by atoms with E-state index in [1.54, 1.807) is 26.4 Å². The number of carbonyl (C=O) groups excluding carboxylic acids is 2. The molecule has 16 heavy (non-hydrogen) atoms. The first-order valence-corrected chi connectivity index (χ1v) is 5.46. The Morgan fingerprint density at radius 1 is 1.44 bits per heavy atom. The molecule has 0 aliphatic heterocycles. The Morgan fingerprint density at radius 3 is 2.69 bits per heavy atom. The second-order valence-electron chi connectivity index (χ2n) is 3.57. The van der Waals surface area contributed by atoms with Gasteiger partial charge in [0.1, 0.15) is 0 Å². The van der Waals surface area contributed by atoms with Crippen LogP contribution in [0, 0.1) is 0 Å². The van der Waals surface area contributed by atoms with Crippen LogP contribution < -0.4 is 5.32 Å². The summed E-state index contributed by atoms with van der Waals surface area (Å²) in [6, 6.07) is -0.446. The first-order valence-electron chi connectivity index (χ1n) is 5.46. The molecular formula is C11H17N3O2. The number of amides is 1. The number of carbonyl (C=O) groups is 2. The van der Waals surface area contributed by atoms with E-state index in [9.17, 15) is 9.59 Å². The SMILES string of the molecule is CCC(=O)NC(Cc1cnc[nH]1)C(=O)CC. The molecule has 1 aromatic rings. The Balaban J connectivity index is 2.64. The van der Waals surface area contributed by atoms with Crippen molar-refractivity contribution in [1.82, 2.24) is 15.3 Å². The molecule has 0 spiro atoms. The van der Waals surface area contributed by atoms with Gasteiger partial charge in [-0.3, -0.25) is 9.59 Å². The number of Topliss-reactive ketones (excluding diaryl/α,β-unsaturated/α-hetero) is 1. The Kier molecular flexibility index (Phi) is 4.69. The fourth-order valence-electron chi connectivity index (χ4n) is 1.40. The minimum atomic E-state index is -0.446. The number of aromatic amines is 1. The molecule has 0 aromatic carbocycles. The molecule has 1 heterocycles. The molecule has 2 N–H and O–H groups in total. The van der Waals surface area contributed by atoms with Gasteiger partial charge in [0.2, 0.25) is 5.91 Å². The summed E-state index contributed by atoms with van der Waals surface area (Å²) in [6.07, 6.45) is 4.50. The second kappa shape index (κ2) is 6.05. The van der Waals surface area contributed by atoms with Gasteiger partial charge in [0, 0.05) is 31.2 Å². The number of hydrogen-bond donors (Lipinski definition) is 2. The number of hydrogen-bond acceptors (Lipinski definition) is 3. The Hall–Kier alpha value is -1.65. The van der Waals surface area contributed by atoms with Crippen LogP contribution in [0.4, 0.5) is 0 Å². The summed E-state index contributed by atoms with van der Waals surface area (Å²) in [5, 5.41) is 2.72. The highest BCUT2D eigenvalue weighted by atomic mass is 16.2. The zero-order valence-corrected chi connectivity index (χ0v) is 9.62. The van der Waals surface area contributed by atoms with Gasteiger partial charge in [-0.05, 0) is 0 Å². The number of H-pyrrole nitrogens is 1. The molecule has 5 nitrogen and oxygen atoms in total. The molecule has 0 bridgehead atoms. The number of rotatable bonds is 6. The van der Waals surface area contributed by atoms with E-state index in [0.717, 1.165) is 5.69 Å². The second-order valence-corrected chi connectivity index (χ2v) is 3.57. The normalized spacial score (nSPS) is 12.1. The lowest BCUT2D eigenvalue weighted by Crippen LogP contribution is -2.41. The predicted molar refractivity (Wildman–Crippen MR) is 59.8 cm³/mol. The lowest BCUT2D eigenvalue weighted by Gasteiger charge is -2.15. The minimum absolute atomic E-state index is 0.0383. The monoisotopic (exact) mass is 223 g/mol. The highest BCUT2D eigenvalue weighted by Gasteiger charge is 2.19. The lowest BCUT2D eigenvalue weighted by atomic mass is 10.1. The first kappa shape index (κ1) is 12.4. The van der Waals surface area contributed by atoms with E-state index in [0.29, 0.717) is 19.3 Å². The van der Waals surface area contributed by atoms with Gasteiger partial charge in [-0.15, -0.1) is 0 Å². The van der Waals surface area contributed by atoms with E-state index in [1.807, 2.05) is 0 Å². The molecule has 1 aromatic heterocycles. The highest BCUT2D eigenvalue weighted by molar-refractivity contribution is 5.88. The molecule has 1 rings (SSSR count). The van der Waals surface area contributed by atoms with Crippen molar-refractivity contribution < 1.29 is 9.59 Å². The van der Waals surface area contributed by atoms with Crippen LogP contribution in [0.15, 0.2) is 12.5 Å². The zero-order valence-electron chi connectivity index (χ0n) is 9.62. The van der Waals surface area contributed by atoms with Crippen molar-refractivity contribution in [2.24, 2.45) is 0 Å². The number of ketones is 1.